The van der Waals surface area contributed by atoms with Crippen molar-refractivity contribution < 1.29 is 13.9 Å². The molecule has 0 amide bonds. The lowest BCUT2D eigenvalue weighted by atomic mass is 10.1. The molecule has 2 heterocycles. The first-order chi connectivity index (χ1) is 14.0. The van der Waals surface area contributed by atoms with Gasteiger partial charge in [-0.25, -0.2) is 9.37 Å². The van der Waals surface area contributed by atoms with Crippen molar-refractivity contribution in [2.45, 2.75) is 13.5 Å². The van der Waals surface area contributed by atoms with Gasteiger partial charge in [0.1, 0.15) is 10.6 Å². The van der Waals surface area contributed by atoms with Crippen LogP contribution in [0.3, 0.4) is 0 Å². The Morgan fingerprint density at radius 1 is 1.10 bits per heavy atom. The van der Waals surface area contributed by atoms with E-state index in [-0.39, 0.29) is 11.4 Å². The lowest BCUT2D eigenvalue weighted by Crippen LogP contribution is -2.21. The number of thiophene rings is 1. The summed E-state index contributed by atoms with van der Waals surface area (Å²) in [7, 11) is 3.17. The number of rotatable bonds is 5. The number of ether oxygens (including phenoxy) is 2. The molecule has 2 aromatic carbocycles. The molecule has 2 aromatic heterocycles. The number of fused-ring (bicyclic) bond motifs is 1. The second kappa shape index (κ2) is 7.67. The summed E-state index contributed by atoms with van der Waals surface area (Å²) in [5.41, 5.74) is 3.34. The van der Waals surface area contributed by atoms with E-state index in [0.717, 1.165) is 22.3 Å². The van der Waals surface area contributed by atoms with Crippen LogP contribution in [0.1, 0.15) is 11.1 Å². The van der Waals surface area contributed by atoms with Gasteiger partial charge in [0.05, 0.1) is 32.5 Å². The minimum atomic E-state index is -0.312. The third kappa shape index (κ3) is 3.49. The molecular weight excluding hydrogens is 391 g/mol. The van der Waals surface area contributed by atoms with E-state index in [1.807, 2.05) is 24.4 Å². The Morgan fingerprint density at radius 2 is 1.79 bits per heavy atom. The molecule has 0 fully saturated rings. The van der Waals surface area contributed by atoms with E-state index >= 15 is 0 Å². The number of hydrogen-bond donors (Lipinski definition) is 0. The Morgan fingerprint density at radius 3 is 2.48 bits per heavy atom. The first kappa shape index (κ1) is 19.1. The number of aromatic nitrogens is 2. The smallest absolute Gasteiger partial charge is 0.263 e. The number of halogens is 1. The molecule has 0 aliphatic carbocycles. The fourth-order valence-corrected chi connectivity index (χ4v) is 4.21. The highest BCUT2D eigenvalue weighted by Gasteiger charge is 2.15. The third-order valence-electron chi connectivity index (χ3n) is 4.90. The summed E-state index contributed by atoms with van der Waals surface area (Å²) in [5.74, 6) is 0.941. The Balaban J connectivity index is 1.80. The van der Waals surface area contributed by atoms with Gasteiger partial charge in [-0.3, -0.25) is 9.36 Å². The summed E-state index contributed by atoms with van der Waals surface area (Å²) < 4.78 is 25.6. The van der Waals surface area contributed by atoms with Crippen LogP contribution in [0.2, 0.25) is 0 Å². The Bertz CT molecular complexity index is 1250. The van der Waals surface area contributed by atoms with Gasteiger partial charge in [0, 0.05) is 10.9 Å². The van der Waals surface area contributed by atoms with Crippen LogP contribution in [0.25, 0.3) is 21.3 Å². The maximum absolute atomic E-state index is 13.3. The molecule has 0 spiro atoms. The molecule has 148 valence electrons. The topological polar surface area (TPSA) is 53.4 Å². The van der Waals surface area contributed by atoms with E-state index in [4.69, 9.17) is 9.47 Å². The lowest BCUT2D eigenvalue weighted by molar-refractivity contribution is 0.354. The summed E-state index contributed by atoms with van der Waals surface area (Å²) in [6.45, 7) is 2.31. The molecule has 0 saturated heterocycles. The van der Waals surface area contributed by atoms with Crippen molar-refractivity contribution in [3.05, 3.63) is 75.4 Å². The second-order valence-corrected chi connectivity index (χ2v) is 7.51. The summed E-state index contributed by atoms with van der Waals surface area (Å²) in [5, 5.41) is 2.43. The number of methoxy groups -OCH3 is 2. The van der Waals surface area contributed by atoms with Gasteiger partial charge in [-0.15, -0.1) is 11.3 Å². The van der Waals surface area contributed by atoms with Gasteiger partial charge in [0.25, 0.3) is 5.56 Å². The highest BCUT2D eigenvalue weighted by Crippen LogP contribution is 2.32. The molecule has 7 heteroatoms. The van der Waals surface area contributed by atoms with Crippen LogP contribution in [0.5, 0.6) is 11.5 Å². The molecule has 0 N–H and O–H groups in total. The average Bonchev–Trinajstić information content (AvgIpc) is 3.16. The number of nitrogens with zero attached hydrogens (tertiary/aromatic N) is 2. The zero-order valence-corrected chi connectivity index (χ0v) is 17.0. The molecule has 0 saturated carbocycles. The molecule has 4 rings (SSSR count). The van der Waals surface area contributed by atoms with Crippen molar-refractivity contribution in [1.82, 2.24) is 9.55 Å². The quantitative estimate of drug-likeness (QED) is 0.481. The van der Waals surface area contributed by atoms with Crippen LogP contribution in [0.4, 0.5) is 4.39 Å². The Labute approximate surface area is 171 Å². The molecule has 5 nitrogen and oxygen atoms in total. The van der Waals surface area contributed by atoms with Gasteiger partial charge < -0.3 is 9.47 Å². The normalized spacial score (nSPS) is 11.0. The molecule has 0 atom stereocenters. The number of benzene rings is 2. The third-order valence-corrected chi connectivity index (χ3v) is 5.79. The molecular formula is C22H19FN2O3S. The maximum Gasteiger partial charge on any atom is 0.263 e. The molecule has 0 bridgehead atoms. The zero-order valence-electron chi connectivity index (χ0n) is 16.2. The van der Waals surface area contributed by atoms with Gasteiger partial charge in [0.2, 0.25) is 0 Å². The lowest BCUT2D eigenvalue weighted by Gasteiger charge is -2.14. The van der Waals surface area contributed by atoms with E-state index in [1.165, 1.54) is 23.5 Å². The van der Waals surface area contributed by atoms with E-state index in [2.05, 4.69) is 4.98 Å². The zero-order chi connectivity index (χ0) is 20.5. The summed E-state index contributed by atoms with van der Waals surface area (Å²) in [6.07, 6.45) is 1.56. The fourth-order valence-electron chi connectivity index (χ4n) is 3.30. The van der Waals surface area contributed by atoms with Gasteiger partial charge in [-0.2, -0.15) is 0 Å². The largest absolute Gasteiger partial charge is 0.493 e. The second-order valence-electron chi connectivity index (χ2n) is 6.65. The predicted octanol–water partition coefficient (Wildman–Crippen LogP) is 4.64. The van der Waals surface area contributed by atoms with Gasteiger partial charge in [-0.1, -0.05) is 12.1 Å². The van der Waals surface area contributed by atoms with Crippen LogP contribution in [0.15, 0.2) is 52.9 Å². The molecule has 0 radical (unpaired) electrons. The predicted molar refractivity (Wildman–Crippen MR) is 113 cm³/mol. The molecule has 0 aliphatic heterocycles. The van der Waals surface area contributed by atoms with Crippen molar-refractivity contribution in [2.75, 3.05) is 14.2 Å². The van der Waals surface area contributed by atoms with Crippen LogP contribution in [0, 0.1) is 12.7 Å². The average molecular weight is 410 g/mol. The van der Waals surface area contributed by atoms with E-state index in [0.29, 0.717) is 28.3 Å². The molecule has 0 aliphatic rings. The summed E-state index contributed by atoms with van der Waals surface area (Å²) in [4.78, 5) is 18.4. The van der Waals surface area contributed by atoms with E-state index < -0.39 is 0 Å². The van der Waals surface area contributed by atoms with E-state index in [1.54, 1.807) is 37.2 Å². The number of aryl methyl sites for hydroxylation is 1. The summed E-state index contributed by atoms with van der Waals surface area (Å²) >= 11 is 1.40. The first-order valence-electron chi connectivity index (χ1n) is 8.96. The highest BCUT2D eigenvalue weighted by atomic mass is 32.1. The van der Waals surface area contributed by atoms with E-state index in [9.17, 15) is 9.18 Å². The van der Waals surface area contributed by atoms with Gasteiger partial charge >= 0.3 is 0 Å². The minimum Gasteiger partial charge on any atom is -0.493 e. The summed E-state index contributed by atoms with van der Waals surface area (Å²) in [6, 6.07) is 9.89. The molecule has 0 unspecified atom stereocenters. The number of hydrogen-bond acceptors (Lipinski definition) is 5. The molecule has 4 aromatic rings. The van der Waals surface area contributed by atoms with Crippen molar-refractivity contribution in [3.8, 4) is 22.6 Å². The Hall–Kier alpha value is -3.19. The monoisotopic (exact) mass is 410 g/mol. The first-order valence-corrected chi connectivity index (χ1v) is 9.84. The van der Waals surface area contributed by atoms with Crippen molar-refractivity contribution in [2.24, 2.45) is 0 Å². The fraction of sp³-hybridized carbons (Fsp3) is 0.182. The van der Waals surface area contributed by atoms with Crippen LogP contribution >= 0.6 is 11.3 Å². The Kier molecular flexibility index (Phi) is 5.07. The standard InChI is InChI=1S/C22H19FN2O3S/c1-13-8-18(27-2)19(28-3)9-15(13)10-25-12-24-21-20(22(25)26)17(11-29-21)14-4-6-16(23)7-5-14/h4-9,11-12H,10H2,1-3H3. The molecule has 29 heavy (non-hydrogen) atoms. The van der Waals surface area contributed by atoms with Crippen LogP contribution in [-0.4, -0.2) is 23.8 Å². The maximum atomic E-state index is 13.3. The van der Waals surface area contributed by atoms with Crippen LogP contribution < -0.4 is 15.0 Å². The van der Waals surface area contributed by atoms with Crippen molar-refractivity contribution in [3.63, 3.8) is 0 Å². The van der Waals surface area contributed by atoms with Crippen molar-refractivity contribution >= 4 is 21.6 Å². The highest BCUT2D eigenvalue weighted by molar-refractivity contribution is 7.17. The van der Waals surface area contributed by atoms with Crippen molar-refractivity contribution in [1.29, 1.82) is 0 Å². The SMILES string of the molecule is COc1cc(C)c(Cn2cnc3scc(-c4ccc(F)cc4)c3c2=O)cc1OC. The minimum absolute atomic E-state index is 0.134. The van der Waals surface area contributed by atoms with Gasteiger partial charge in [0.15, 0.2) is 11.5 Å². The van der Waals surface area contributed by atoms with Crippen LogP contribution in [-0.2, 0) is 6.54 Å². The van der Waals surface area contributed by atoms with Gasteiger partial charge in [-0.05, 0) is 47.9 Å².